The second-order valence-electron chi connectivity index (χ2n) is 9.00. The molecule has 4 rings (SSSR count). The standard InChI is InChI=1S/C22H32N2O/c1-23(2)22(19-6-4-3-5-7-19)12-10-21(11-13-22)14-15-24(17-21)20(25)16-18-8-9-18/h3-7,18H,8-17H2,1-2H3. The van der Waals surface area contributed by atoms with Crippen molar-refractivity contribution in [1.82, 2.24) is 9.80 Å². The highest BCUT2D eigenvalue weighted by Gasteiger charge is 2.48. The van der Waals surface area contributed by atoms with E-state index in [1.807, 2.05) is 0 Å². The van der Waals surface area contributed by atoms with Gasteiger partial charge in [0, 0.05) is 25.0 Å². The lowest BCUT2D eigenvalue weighted by atomic mass is 9.64. The summed E-state index contributed by atoms with van der Waals surface area (Å²) in [5, 5.41) is 0. The molecule has 0 unspecified atom stereocenters. The number of carbonyl (C=O) groups is 1. The van der Waals surface area contributed by atoms with Gasteiger partial charge in [0.15, 0.2) is 0 Å². The Labute approximate surface area is 152 Å². The summed E-state index contributed by atoms with van der Waals surface area (Å²) in [6.45, 7) is 2.00. The molecule has 3 fully saturated rings. The summed E-state index contributed by atoms with van der Waals surface area (Å²) in [5.74, 6) is 1.13. The third kappa shape index (κ3) is 3.23. The second kappa shape index (κ2) is 6.42. The first-order valence-electron chi connectivity index (χ1n) is 10.0. The van der Waals surface area contributed by atoms with E-state index in [1.54, 1.807) is 0 Å². The van der Waals surface area contributed by atoms with Gasteiger partial charge in [-0.2, -0.15) is 0 Å². The number of hydrogen-bond acceptors (Lipinski definition) is 2. The molecule has 3 aliphatic rings. The molecule has 3 heteroatoms. The Morgan fingerprint density at radius 1 is 1.08 bits per heavy atom. The van der Waals surface area contributed by atoms with E-state index in [1.165, 1.54) is 50.5 Å². The predicted octanol–water partition coefficient (Wildman–Crippen LogP) is 4.04. The van der Waals surface area contributed by atoms with Crippen LogP contribution in [0.15, 0.2) is 30.3 Å². The van der Waals surface area contributed by atoms with Crippen LogP contribution >= 0.6 is 0 Å². The summed E-state index contributed by atoms with van der Waals surface area (Å²) in [6.07, 6.45) is 9.45. The van der Waals surface area contributed by atoms with Gasteiger partial charge >= 0.3 is 0 Å². The van der Waals surface area contributed by atoms with Gasteiger partial charge in [0.05, 0.1) is 0 Å². The molecule has 0 atom stereocenters. The van der Waals surface area contributed by atoms with Crippen molar-refractivity contribution in [2.75, 3.05) is 27.2 Å². The monoisotopic (exact) mass is 340 g/mol. The molecule has 2 aliphatic carbocycles. The molecule has 0 bridgehead atoms. The molecule has 2 saturated carbocycles. The molecule has 1 aromatic rings. The topological polar surface area (TPSA) is 23.6 Å². The van der Waals surface area contributed by atoms with Gasteiger partial charge in [-0.05, 0) is 75.9 Å². The number of nitrogens with zero attached hydrogens (tertiary/aromatic N) is 2. The van der Waals surface area contributed by atoms with Crippen molar-refractivity contribution < 1.29 is 4.79 Å². The molecule has 1 heterocycles. The fourth-order valence-corrected chi connectivity index (χ4v) is 5.19. The van der Waals surface area contributed by atoms with E-state index < -0.39 is 0 Å². The van der Waals surface area contributed by atoms with E-state index in [0.717, 1.165) is 19.5 Å². The van der Waals surface area contributed by atoms with Crippen LogP contribution in [0.25, 0.3) is 0 Å². The van der Waals surface area contributed by atoms with E-state index >= 15 is 0 Å². The summed E-state index contributed by atoms with van der Waals surface area (Å²) in [4.78, 5) is 17.1. The number of rotatable bonds is 4. The van der Waals surface area contributed by atoms with Gasteiger partial charge in [-0.15, -0.1) is 0 Å². The Hall–Kier alpha value is -1.35. The first-order chi connectivity index (χ1) is 12.0. The van der Waals surface area contributed by atoms with E-state index in [2.05, 4.69) is 54.2 Å². The van der Waals surface area contributed by atoms with Crippen molar-refractivity contribution in [2.24, 2.45) is 11.3 Å². The Morgan fingerprint density at radius 3 is 2.36 bits per heavy atom. The summed E-state index contributed by atoms with van der Waals surface area (Å²) >= 11 is 0. The van der Waals surface area contributed by atoms with Crippen LogP contribution in [0.4, 0.5) is 0 Å². The molecular formula is C22H32N2O. The lowest BCUT2D eigenvalue weighted by Crippen LogP contribution is -2.47. The van der Waals surface area contributed by atoms with Gasteiger partial charge in [0.1, 0.15) is 0 Å². The normalized spacial score (nSPS) is 32.5. The first-order valence-corrected chi connectivity index (χ1v) is 10.0. The van der Waals surface area contributed by atoms with Crippen LogP contribution in [-0.2, 0) is 10.3 Å². The zero-order valence-electron chi connectivity index (χ0n) is 15.8. The average Bonchev–Trinajstić information content (AvgIpc) is 3.35. The fraction of sp³-hybridized carbons (Fsp3) is 0.682. The van der Waals surface area contributed by atoms with Crippen LogP contribution in [-0.4, -0.2) is 42.9 Å². The van der Waals surface area contributed by atoms with Crippen LogP contribution in [0.3, 0.4) is 0 Å². The molecule has 0 N–H and O–H groups in total. The predicted molar refractivity (Wildman–Crippen MR) is 101 cm³/mol. The first kappa shape index (κ1) is 17.1. The molecule has 3 nitrogen and oxygen atoms in total. The molecule has 1 saturated heterocycles. The van der Waals surface area contributed by atoms with Crippen LogP contribution in [0.5, 0.6) is 0 Å². The van der Waals surface area contributed by atoms with Crippen molar-refractivity contribution in [3.63, 3.8) is 0 Å². The van der Waals surface area contributed by atoms with Crippen LogP contribution in [0.2, 0.25) is 0 Å². The number of likely N-dealkylation sites (tertiary alicyclic amines) is 1. The van der Waals surface area contributed by atoms with Crippen molar-refractivity contribution in [3.8, 4) is 0 Å². The molecule has 1 amide bonds. The van der Waals surface area contributed by atoms with E-state index in [-0.39, 0.29) is 5.54 Å². The average molecular weight is 341 g/mol. The zero-order valence-corrected chi connectivity index (χ0v) is 15.8. The van der Waals surface area contributed by atoms with Crippen LogP contribution in [0, 0.1) is 11.3 Å². The number of carbonyl (C=O) groups excluding carboxylic acids is 1. The van der Waals surface area contributed by atoms with Crippen molar-refractivity contribution in [1.29, 1.82) is 0 Å². The largest absolute Gasteiger partial charge is 0.342 e. The third-order valence-electron chi connectivity index (χ3n) is 7.26. The highest BCUT2D eigenvalue weighted by Crippen LogP contribution is 2.52. The van der Waals surface area contributed by atoms with Gasteiger partial charge in [0.2, 0.25) is 5.91 Å². The Bertz CT molecular complexity index is 612. The maximum atomic E-state index is 12.5. The van der Waals surface area contributed by atoms with Crippen LogP contribution < -0.4 is 0 Å². The van der Waals surface area contributed by atoms with Gasteiger partial charge in [-0.3, -0.25) is 9.69 Å². The smallest absolute Gasteiger partial charge is 0.222 e. The van der Waals surface area contributed by atoms with Crippen LogP contribution in [0.1, 0.15) is 56.9 Å². The molecule has 136 valence electrons. The third-order valence-corrected chi connectivity index (χ3v) is 7.26. The van der Waals surface area contributed by atoms with E-state index in [9.17, 15) is 4.79 Å². The minimum Gasteiger partial charge on any atom is -0.342 e. The summed E-state index contributed by atoms with van der Waals surface area (Å²) in [6, 6.07) is 11.0. The van der Waals surface area contributed by atoms with Crippen molar-refractivity contribution in [3.05, 3.63) is 35.9 Å². The second-order valence-corrected chi connectivity index (χ2v) is 9.00. The molecule has 1 aliphatic heterocycles. The highest BCUT2D eigenvalue weighted by molar-refractivity contribution is 5.77. The van der Waals surface area contributed by atoms with E-state index in [4.69, 9.17) is 0 Å². The summed E-state index contributed by atoms with van der Waals surface area (Å²) in [5.41, 5.74) is 2.00. The van der Waals surface area contributed by atoms with Gasteiger partial charge in [0.25, 0.3) is 0 Å². The molecule has 1 aromatic carbocycles. The van der Waals surface area contributed by atoms with Gasteiger partial charge in [-0.25, -0.2) is 0 Å². The molecular weight excluding hydrogens is 308 g/mol. The number of amides is 1. The Morgan fingerprint density at radius 2 is 1.76 bits per heavy atom. The summed E-state index contributed by atoms with van der Waals surface area (Å²) in [7, 11) is 4.45. The molecule has 1 spiro atoms. The van der Waals surface area contributed by atoms with Gasteiger partial charge in [-0.1, -0.05) is 30.3 Å². The highest BCUT2D eigenvalue weighted by atomic mass is 16.2. The number of hydrogen-bond donors (Lipinski definition) is 0. The minimum absolute atomic E-state index is 0.165. The molecule has 25 heavy (non-hydrogen) atoms. The van der Waals surface area contributed by atoms with Crippen molar-refractivity contribution >= 4 is 5.91 Å². The fourth-order valence-electron chi connectivity index (χ4n) is 5.19. The molecule has 0 radical (unpaired) electrons. The number of benzene rings is 1. The minimum atomic E-state index is 0.165. The lowest BCUT2D eigenvalue weighted by molar-refractivity contribution is -0.131. The van der Waals surface area contributed by atoms with Crippen molar-refractivity contribution in [2.45, 2.75) is 56.9 Å². The quantitative estimate of drug-likeness (QED) is 0.826. The van der Waals surface area contributed by atoms with E-state index in [0.29, 0.717) is 17.2 Å². The van der Waals surface area contributed by atoms with Gasteiger partial charge < -0.3 is 4.90 Å². The summed E-state index contributed by atoms with van der Waals surface area (Å²) < 4.78 is 0. The molecule has 0 aromatic heterocycles. The Kier molecular flexibility index (Phi) is 4.39. The zero-order chi connectivity index (χ0) is 17.5. The lowest BCUT2D eigenvalue weighted by Gasteiger charge is -2.49. The maximum absolute atomic E-state index is 12.5. The SMILES string of the molecule is CN(C)C1(c2ccccc2)CCC2(CCN(C(=O)CC3CC3)C2)CC1. The Balaban J connectivity index is 1.44. The maximum Gasteiger partial charge on any atom is 0.222 e.